The monoisotopic (exact) mass is 324 g/mol. The lowest BCUT2D eigenvalue weighted by Crippen LogP contribution is -2.32. The van der Waals surface area contributed by atoms with Crippen LogP contribution in [0.2, 0.25) is 0 Å². The number of hydrogen-bond acceptors (Lipinski definition) is 7. The zero-order valence-electron chi connectivity index (χ0n) is 13.8. The Kier molecular flexibility index (Phi) is 6.56. The number of ether oxygens (including phenoxy) is 4. The third-order valence-electron chi connectivity index (χ3n) is 3.14. The maximum absolute atomic E-state index is 12.6. The number of rotatable bonds is 8. The van der Waals surface area contributed by atoms with Crippen molar-refractivity contribution in [3.8, 4) is 17.2 Å². The summed E-state index contributed by atoms with van der Waals surface area (Å²) in [4.78, 5) is 36.1. The van der Waals surface area contributed by atoms with Crippen LogP contribution in [0.25, 0.3) is 0 Å². The maximum atomic E-state index is 12.6. The van der Waals surface area contributed by atoms with Crippen molar-refractivity contribution in [3.05, 3.63) is 17.7 Å². The van der Waals surface area contributed by atoms with Crippen molar-refractivity contribution in [2.75, 3.05) is 27.9 Å². The Morgan fingerprint density at radius 1 is 1.00 bits per heavy atom. The fourth-order valence-electron chi connectivity index (χ4n) is 2.07. The zero-order chi connectivity index (χ0) is 17.6. The minimum atomic E-state index is -1.52. The van der Waals surface area contributed by atoms with Gasteiger partial charge in [-0.1, -0.05) is 0 Å². The molecule has 0 fully saturated rings. The summed E-state index contributed by atoms with van der Waals surface area (Å²) in [6.07, 6.45) is 0. The zero-order valence-corrected chi connectivity index (χ0v) is 13.8. The van der Waals surface area contributed by atoms with E-state index in [9.17, 15) is 14.4 Å². The van der Waals surface area contributed by atoms with Crippen LogP contribution >= 0.6 is 0 Å². The second kappa shape index (κ2) is 8.17. The normalized spacial score (nSPS) is 11.3. The number of methoxy groups -OCH3 is 3. The van der Waals surface area contributed by atoms with E-state index in [0.717, 1.165) is 6.92 Å². The van der Waals surface area contributed by atoms with Gasteiger partial charge in [-0.25, -0.2) is 0 Å². The number of hydrogen-bond donors (Lipinski definition) is 0. The summed E-state index contributed by atoms with van der Waals surface area (Å²) in [7, 11) is 4.23. The maximum Gasteiger partial charge on any atom is 0.324 e. The second-order valence-corrected chi connectivity index (χ2v) is 4.57. The molecular formula is C16H20O7. The topological polar surface area (TPSA) is 88.1 Å². The molecular weight excluding hydrogens is 304 g/mol. The molecule has 0 saturated carbocycles. The molecule has 0 aromatic heterocycles. The molecule has 0 N–H and O–H groups in total. The lowest BCUT2D eigenvalue weighted by Gasteiger charge is -2.16. The van der Waals surface area contributed by atoms with Gasteiger partial charge in [0.1, 0.15) is 0 Å². The summed E-state index contributed by atoms with van der Waals surface area (Å²) in [5.41, 5.74) is 0.0905. The lowest BCUT2D eigenvalue weighted by molar-refractivity contribution is -0.148. The Morgan fingerprint density at radius 3 is 1.87 bits per heavy atom. The third kappa shape index (κ3) is 4.00. The summed E-state index contributed by atoms with van der Waals surface area (Å²) in [5, 5.41) is 0. The first-order chi connectivity index (χ1) is 10.9. The summed E-state index contributed by atoms with van der Waals surface area (Å²) in [6, 6.07) is 2.78. The Hall–Kier alpha value is -2.57. The highest BCUT2D eigenvalue weighted by Crippen LogP contribution is 2.38. The van der Waals surface area contributed by atoms with Crippen LogP contribution in [0.1, 0.15) is 24.2 Å². The quantitative estimate of drug-likeness (QED) is 0.408. The van der Waals surface area contributed by atoms with Gasteiger partial charge in [-0.2, -0.15) is 0 Å². The van der Waals surface area contributed by atoms with Gasteiger partial charge in [0.05, 0.1) is 27.9 Å². The van der Waals surface area contributed by atoms with Crippen LogP contribution in [0.5, 0.6) is 17.2 Å². The Labute approximate surface area is 134 Å². The van der Waals surface area contributed by atoms with Crippen molar-refractivity contribution in [2.45, 2.75) is 13.8 Å². The van der Waals surface area contributed by atoms with Gasteiger partial charge in [0, 0.05) is 5.56 Å². The van der Waals surface area contributed by atoms with Gasteiger partial charge < -0.3 is 18.9 Å². The molecule has 23 heavy (non-hydrogen) atoms. The molecule has 7 nitrogen and oxygen atoms in total. The Bertz CT molecular complexity index is 581. The highest BCUT2D eigenvalue weighted by Gasteiger charge is 2.34. The van der Waals surface area contributed by atoms with Crippen LogP contribution in [0.4, 0.5) is 0 Å². The first-order valence-corrected chi connectivity index (χ1v) is 6.92. The molecule has 0 spiro atoms. The molecule has 0 aliphatic heterocycles. The smallest absolute Gasteiger partial charge is 0.324 e. The van der Waals surface area contributed by atoms with Gasteiger partial charge in [0.15, 0.2) is 29.0 Å². The molecule has 0 aliphatic carbocycles. The molecule has 1 aromatic carbocycles. The van der Waals surface area contributed by atoms with E-state index in [2.05, 4.69) is 0 Å². The minimum absolute atomic E-state index is 0.0746. The van der Waals surface area contributed by atoms with E-state index in [1.807, 2.05) is 0 Å². The first-order valence-electron chi connectivity index (χ1n) is 6.92. The van der Waals surface area contributed by atoms with Gasteiger partial charge >= 0.3 is 5.97 Å². The average Bonchev–Trinajstić information content (AvgIpc) is 2.53. The summed E-state index contributed by atoms with van der Waals surface area (Å²) >= 11 is 0. The minimum Gasteiger partial charge on any atom is -0.493 e. The van der Waals surface area contributed by atoms with Gasteiger partial charge in [0.2, 0.25) is 5.75 Å². The fourth-order valence-corrected chi connectivity index (χ4v) is 2.07. The van der Waals surface area contributed by atoms with E-state index in [1.165, 1.54) is 33.5 Å². The van der Waals surface area contributed by atoms with Crippen molar-refractivity contribution >= 4 is 17.5 Å². The van der Waals surface area contributed by atoms with Crippen molar-refractivity contribution < 1.29 is 33.3 Å². The number of ketones is 2. The van der Waals surface area contributed by atoms with Crippen LogP contribution in [0, 0.1) is 5.92 Å². The number of carbonyl (C=O) groups is 3. The number of carbonyl (C=O) groups excluding carboxylic acids is 3. The molecule has 126 valence electrons. The Morgan fingerprint density at radius 2 is 1.52 bits per heavy atom. The average molecular weight is 324 g/mol. The van der Waals surface area contributed by atoms with E-state index in [-0.39, 0.29) is 23.7 Å². The molecule has 0 aliphatic rings. The van der Waals surface area contributed by atoms with E-state index in [1.54, 1.807) is 6.92 Å². The standard InChI is InChI=1S/C16H20O7/c1-6-23-16(19)13(9(2)17)14(18)10-7-11(20-3)15(22-5)12(8-10)21-4/h7-8,13H,6H2,1-5H3/t13-/m1/s1. The van der Waals surface area contributed by atoms with Gasteiger partial charge in [0.25, 0.3) is 0 Å². The SMILES string of the molecule is CCOC(=O)[C@H](C(C)=O)C(=O)c1cc(OC)c(OC)c(OC)c1. The predicted octanol–water partition coefficient (Wildman–Crippen LogP) is 1.66. The summed E-state index contributed by atoms with van der Waals surface area (Å²) in [6.45, 7) is 2.83. The molecule has 1 atom stereocenters. The molecule has 0 saturated heterocycles. The highest BCUT2D eigenvalue weighted by atomic mass is 16.5. The number of esters is 1. The van der Waals surface area contributed by atoms with Gasteiger partial charge in [-0.05, 0) is 26.0 Å². The van der Waals surface area contributed by atoms with Crippen molar-refractivity contribution in [1.29, 1.82) is 0 Å². The largest absolute Gasteiger partial charge is 0.493 e. The molecule has 0 bridgehead atoms. The summed E-state index contributed by atoms with van der Waals surface area (Å²) < 4.78 is 20.3. The Balaban J connectivity index is 3.35. The van der Waals surface area contributed by atoms with E-state index in [4.69, 9.17) is 18.9 Å². The second-order valence-electron chi connectivity index (χ2n) is 4.57. The van der Waals surface area contributed by atoms with Crippen LogP contribution < -0.4 is 14.2 Å². The van der Waals surface area contributed by atoms with Crippen LogP contribution in [0.15, 0.2) is 12.1 Å². The molecule has 0 amide bonds. The van der Waals surface area contributed by atoms with Gasteiger partial charge in [-0.15, -0.1) is 0 Å². The molecule has 1 rings (SSSR count). The lowest BCUT2D eigenvalue weighted by atomic mass is 9.94. The van der Waals surface area contributed by atoms with Gasteiger partial charge in [-0.3, -0.25) is 14.4 Å². The molecule has 0 heterocycles. The highest BCUT2D eigenvalue weighted by molar-refractivity contribution is 6.22. The van der Waals surface area contributed by atoms with Crippen LogP contribution in [-0.2, 0) is 14.3 Å². The van der Waals surface area contributed by atoms with E-state index < -0.39 is 23.5 Å². The fraction of sp³-hybridized carbons (Fsp3) is 0.438. The molecule has 0 radical (unpaired) electrons. The van der Waals surface area contributed by atoms with Crippen molar-refractivity contribution in [3.63, 3.8) is 0 Å². The van der Waals surface area contributed by atoms with E-state index in [0.29, 0.717) is 5.75 Å². The third-order valence-corrected chi connectivity index (χ3v) is 3.14. The molecule has 7 heteroatoms. The van der Waals surface area contributed by atoms with Crippen molar-refractivity contribution in [2.24, 2.45) is 5.92 Å². The van der Waals surface area contributed by atoms with Crippen molar-refractivity contribution in [1.82, 2.24) is 0 Å². The number of Topliss-reactive ketones (excluding diaryl/α,β-unsaturated/α-hetero) is 2. The number of benzene rings is 1. The predicted molar refractivity (Wildman–Crippen MR) is 81.2 cm³/mol. The molecule has 1 aromatic rings. The molecule has 0 unspecified atom stereocenters. The van der Waals surface area contributed by atoms with Crippen LogP contribution in [-0.4, -0.2) is 45.5 Å². The first kappa shape index (κ1) is 18.5. The van der Waals surface area contributed by atoms with E-state index >= 15 is 0 Å². The summed E-state index contributed by atoms with van der Waals surface area (Å²) in [5.74, 6) is -2.86. The van der Waals surface area contributed by atoms with Crippen LogP contribution in [0.3, 0.4) is 0 Å².